The van der Waals surface area contributed by atoms with Crippen LogP contribution in [0.25, 0.3) is 5.57 Å². The number of ether oxygens (including phenoxy) is 3. The number of hydrogen-bond acceptors (Lipinski definition) is 6. The van der Waals surface area contributed by atoms with Gasteiger partial charge in [-0.1, -0.05) is 23.7 Å². The molecule has 0 aliphatic carbocycles. The van der Waals surface area contributed by atoms with E-state index in [0.29, 0.717) is 67.7 Å². The predicted octanol–water partition coefficient (Wildman–Crippen LogP) is 2.05. The van der Waals surface area contributed by atoms with Crippen LogP contribution in [0.4, 0.5) is 0 Å². The SMILES string of the molecule is COCCCN1C(=O)C(c2ccc(Cl)cc2)=C(N(CCOC)CCOC)C1=O. The van der Waals surface area contributed by atoms with Gasteiger partial charge in [0.05, 0.1) is 18.8 Å². The molecule has 0 bridgehead atoms. The molecule has 2 amide bonds. The number of carbonyl (C=O) groups excluding carboxylic acids is 2. The Labute approximate surface area is 170 Å². The van der Waals surface area contributed by atoms with Gasteiger partial charge in [0.15, 0.2) is 0 Å². The fourth-order valence-electron chi connectivity index (χ4n) is 3.04. The summed E-state index contributed by atoms with van der Waals surface area (Å²) in [6, 6.07) is 6.93. The molecule has 7 nitrogen and oxygen atoms in total. The molecule has 1 aliphatic heterocycles. The van der Waals surface area contributed by atoms with Crippen LogP contribution in [0.2, 0.25) is 5.02 Å². The number of methoxy groups -OCH3 is 3. The third kappa shape index (κ3) is 5.32. The smallest absolute Gasteiger partial charge is 0.277 e. The molecule has 0 saturated heterocycles. The van der Waals surface area contributed by atoms with Crippen molar-refractivity contribution < 1.29 is 23.8 Å². The van der Waals surface area contributed by atoms with Gasteiger partial charge in [0.2, 0.25) is 0 Å². The Hall–Kier alpha value is -1.93. The summed E-state index contributed by atoms with van der Waals surface area (Å²) in [6.07, 6.45) is 0.575. The number of rotatable bonds is 12. The molecular formula is C20H27ClN2O5. The van der Waals surface area contributed by atoms with E-state index < -0.39 is 0 Å². The normalized spacial score (nSPS) is 14.4. The number of imide groups is 1. The van der Waals surface area contributed by atoms with E-state index in [2.05, 4.69) is 0 Å². The average Bonchev–Trinajstić information content (AvgIpc) is 2.94. The van der Waals surface area contributed by atoms with Crippen LogP contribution in [-0.2, 0) is 23.8 Å². The van der Waals surface area contributed by atoms with E-state index in [-0.39, 0.29) is 11.8 Å². The molecule has 0 saturated carbocycles. The van der Waals surface area contributed by atoms with E-state index >= 15 is 0 Å². The number of benzene rings is 1. The maximum absolute atomic E-state index is 13.2. The maximum atomic E-state index is 13.2. The molecule has 0 fully saturated rings. The molecule has 0 atom stereocenters. The second-order valence-corrected chi connectivity index (χ2v) is 6.75. The first-order chi connectivity index (χ1) is 13.5. The van der Waals surface area contributed by atoms with Crippen LogP contribution in [0, 0.1) is 0 Å². The highest BCUT2D eigenvalue weighted by atomic mass is 35.5. The van der Waals surface area contributed by atoms with Crippen LogP contribution >= 0.6 is 11.6 Å². The lowest BCUT2D eigenvalue weighted by Crippen LogP contribution is -2.38. The first-order valence-electron chi connectivity index (χ1n) is 9.13. The monoisotopic (exact) mass is 410 g/mol. The number of hydrogen-bond donors (Lipinski definition) is 0. The lowest BCUT2D eigenvalue weighted by molar-refractivity contribution is -0.137. The lowest BCUT2D eigenvalue weighted by Gasteiger charge is -2.25. The van der Waals surface area contributed by atoms with E-state index in [4.69, 9.17) is 25.8 Å². The Morgan fingerprint density at radius 2 is 1.46 bits per heavy atom. The van der Waals surface area contributed by atoms with Crippen molar-refractivity contribution >= 4 is 29.0 Å². The van der Waals surface area contributed by atoms with Gasteiger partial charge in [0.1, 0.15) is 5.70 Å². The average molecular weight is 411 g/mol. The largest absolute Gasteiger partial charge is 0.385 e. The summed E-state index contributed by atoms with van der Waals surface area (Å²) in [5, 5.41) is 0.565. The van der Waals surface area contributed by atoms with Crippen LogP contribution in [-0.4, -0.2) is 82.4 Å². The third-order valence-corrected chi connectivity index (χ3v) is 4.71. The zero-order chi connectivity index (χ0) is 20.5. The zero-order valence-electron chi connectivity index (χ0n) is 16.6. The van der Waals surface area contributed by atoms with E-state index in [1.165, 1.54) is 4.90 Å². The van der Waals surface area contributed by atoms with Crippen LogP contribution in [0.1, 0.15) is 12.0 Å². The van der Waals surface area contributed by atoms with Crippen molar-refractivity contribution in [1.29, 1.82) is 0 Å². The number of amides is 2. The Morgan fingerprint density at radius 1 is 0.893 bits per heavy atom. The summed E-state index contributed by atoms with van der Waals surface area (Å²) in [6.45, 7) is 2.56. The summed E-state index contributed by atoms with van der Waals surface area (Å²) >= 11 is 6.00. The zero-order valence-corrected chi connectivity index (χ0v) is 17.3. The highest BCUT2D eigenvalue weighted by molar-refractivity contribution is 6.36. The molecule has 0 radical (unpaired) electrons. The molecule has 0 N–H and O–H groups in total. The molecule has 8 heteroatoms. The van der Waals surface area contributed by atoms with Gasteiger partial charge in [-0.05, 0) is 24.1 Å². The fourth-order valence-corrected chi connectivity index (χ4v) is 3.17. The third-order valence-electron chi connectivity index (χ3n) is 4.45. The summed E-state index contributed by atoms with van der Waals surface area (Å²) in [5.41, 5.74) is 1.41. The molecule has 0 aromatic heterocycles. The summed E-state index contributed by atoms with van der Waals surface area (Å²) in [5.74, 6) is -0.614. The van der Waals surface area contributed by atoms with Crippen molar-refractivity contribution in [3.8, 4) is 0 Å². The van der Waals surface area contributed by atoms with Crippen molar-refractivity contribution in [1.82, 2.24) is 9.80 Å². The van der Waals surface area contributed by atoms with Gasteiger partial charge < -0.3 is 19.1 Å². The minimum atomic E-state index is -0.307. The second-order valence-electron chi connectivity index (χ2n) is 6.31. The first kappa shape index (κ1) is 22.4. The number of nitrogens with zero attached hydrogens (tertiary/aromatic N) is 2. The van der Waals surface area contributed by atoms with Crippen LogP contribution in [0.15, 0.2) is 30.0 Å². The first-order valence-corrected chi connectivity index (χ1v) is 9.51. The topological polar surface area (TPSA) is 68.3 Å². The standard InChI is InChI=1S/C20H27ClN2O5/c1-26-12-4-9-23-19(24)17(15-5-7-16(21)8-6-15)18(20(23)25)22(10-13-27-2)11-14-28-3/h5-8H,4,9-14H2,1-3H3. The highest BCUT2D eigenvalue weighted by Crippen LogP contribution is 2.32. The van der Waals surface area contributed by atoms with Gasteiger partial charge in [-0.25, -0.2) is 0 Å². The van der Waals surface area contributed by atoms with Gasteiger partial charge in [0.25, 0.3) is 11.8 Å². The summed E-state index contributed by atoms with van der Waals surface area (Å²) in [4.78, 5) is 29.5. The van der Waals surface area contributed by atoms with E-state index in [1.54, 1.807) is 45.6 Å². The van der Waals surface area contributed by atoms with Crippen LogP contribution in [0.3, 0.4) is 0 Å². The van der Waals surface area contributed by atoms with Crippen molar-refractivity contribution in [3.63, 3.8) is 0 Å². The summed E-state index contributed by atoms with van der Waals surface area (Å²) < 4.78 is 15.4. The molecule has 1 aromatic carbocycles. The van der Waals surface area contributed by atoms with Crippen molar-refractivity contribution in [3.05, 3.63) is 40.5 Å². The Bertz CT molecular complexity index is 697. The van der Waals surface area contributed by atoms with Gasteiger partial charge in [-0.2, -0.15) is 0 Å². The quantitative estimate of drug-likeness (QED) is 0.388. The molecule has 0 unspecified atom stereocenters. The van der Waals surface area contributed by atoms with Gasteiger partial charge in [-0.15, -0.1) is 0 Å². The molecule has 154 valence electrons. The van der Waals surface area contributed by atoms with Crippen molar-refractivity contribution in [2.75, 3.05) is 60.8 Å². The Morgan fingerprint density at radius 3 is 2.00 bits per heavy atom. The molecule has 1 heterocycles. The van der Waals surface area contributed by atoms with Gasteiger partial charge >= 0.3 is 0 Å². The maximum Gasteiger partial charge on any atom is 0.277 e. The number of carbonyl (C=O) groups is 2. The summed E-state index contributed by atoms with van der Waals surface area (Å²) in [7, 11) is 4.79. The molecule has 1 aromatic rings. The van der Waals surface area contributed by atoms with Crippen LogP contribution in [0.5, 0.6) is 0 Å². The van der Waals surface area contributed by atoms with E-state index in [9.17, 15) is 9.59 Å². The molecule has 2 rings (SSSR count). The van der Waals surface area contributed by atoms with Crippen molar-refractivity contribution in [2.24, 2.45) is 0 Å². The Balaban J connectivity index is 2.44. The van der Waals surface area contributed by atoms with E-state index in [1.807, 2.05) is 4.90 Å². The van der Waals surface area contributed by atoms with E-state index in [0.717, 1.165) is 0 Å². The van der Waals surface area contributed by atoms with Crippen LogP contribution < -0.4 is 0 Å². The molecule has 0 spiro atoms. The minimum Gasteiger partial charge on any atom is -0.385 e. The molecule has 28 heavy (non-hydrogen) atoms. The molecule has 1 aliphatic rings. The highest BCUT2D eigenvalue weighted by Gasteiger charge is 2.41. The predicted molar refractivity (Wildman–Crippen MR) is 107 cm³/mol. The Kier molecular flexibility index (Phi) is 8.92. The van der Waals surface area contributed by atoms with Crippen molar-refractivity contribution in [2.45, 2.75) is 6.42 Å². The number of halogens is 1. The molecular weight excluding hydrogens is 384 g/mol. The fraction of sp³-hybridized carbons (Fsp3) is 0.500. The lowest BCUT2D eigenvalue weighted by atomic mass is 10.0. The van der Waals surface area contributed by atoms with Gasteiger partial charge in [0, 0.05) is 52.6 Å². The van der Waals surface area contributed by atoms with Gasteiger partial charge in [-0.3, -0.25) is 14.5 Å². The minimum absolute atomic E-state index is 0.300. The second kappa shape index (κ2) is 11.2.